The van der Waals surface area contributed by atoms with E-state index in [0.717, 1.165) is 5.12 Å². The first kappa shape index (κ1) is 5.00. The smallest absolute Gasteiger partial charge is 0.0432 e. The van der Waals surface area contributed by atoms with Gasteiger partial charge in [-0.2, -0.15) is 0 Å². The van der Waals surface area contributed by atoms with Crippen LogP contribution in [0.3, 0.4) is 0 Å². The Balaban J connectivity index is 2.12. The molecule has 0 N–H and O–H groups in total. The molecule has 0 unspecified atom stereocenters. The lowest BCUT2D eigenvalue weighted by Gasteiger charge is -2.15. The van der Waals surface area contributed by atoms with Gasteiger partial charge >= 0.3 is 0 Å². The van der Waals surface area contributed by atoms with E-state index in [2.05, 4.69) is 5.32 Å². The number of nitrogens with zero attached hydrogens (tertiary/aromatic N) is 2. The molecule has 3 heteroatoms. The normalized spacial score (nSPS) is 25.3. The van der Waals surface area contributed by atoms with Crippen molar-refractivity contribution in [2.45, 2.75) is 0 Å². The van der Waals surface area contributed by atoms with E-state index in [1.807, 2.05) is 0 Å². The van der Waals surface area contributed by atoms with Crippen molar-refractivity contribution in [3.05, 3.63) is 0 Å². The molecule has 1 aliphatic rings. The van der Waals surface area contributed by atoms with Gasteiger partial charge in [0.15, 0.2) is 0 Å². The van der Waals surface area contributed by atoms with Crippen molar-refractivity contribution in [1.82, 2.24) is 10.4 Å². The Morgan fingerprint density at radius 2 is 1.86 bits per heavy atom. The Morgan fingerprint density at radius 3 is 2.14 bits per heavy atom. The molecule has 0 bridgehead atoms. The van der Waals surface area contributed by atoms with Gasteiger partial charge in [-0.3, -0.25) is 0 Å². The van der Waals surface area contributed by atoms with Crippen molar-refractivity contribution in [2.24, 2.45) is 0 Å². The van der Waals surface area contributed by atoms with Gasteiger partial charge < -0.3 is 0 Å². The number of hydrogen-bond acceptors (Lipinski definition) is 1. The fourth-order valence-electron chi connectivity index (χ4n) is 0.582. The maximum Gasteiger partial charge on any atom is 0.0432 e. The highest BCUT2D eigenvalue weighted by Crippen LogP contribution is 1.90. The molecule has 1 rings (SSSR count). The van der Waals surface area contributed by atoms with Gasteiger partial charge in [0.1, 0.15) is 0 Å². The number of hydrogen-bond donors (Lipinski definition) is 0. The molecule has 7 heavy (non-hydrogen) atoms. The Kier molecular flexibility index (Phi) is 1.59. The van der Waals surface area contributed by atoms with E-state index >= 15 is 0 Å². The van der Waals surface area contributed by atoms with Crippen molar-refractivity contribution in [3.8, 4) is 0 Å². The van der Waals surface area contributed by atoms with Crippen molar-refractivity contribution in [3.63, 3.8) is 0 Å². The third-order valence-corrected chi connectivity index (χ3v) is 1.00. The van der Waals surface area contributed by atoms with E-state index in [9.17, 15) is 4.48 Å². The average Bonchev–Trinajstić information content (AvgIpc) is 1.69. The van der Waals surface area contributed by atoms with Crippen LogP contribution >= 0.6 is 0 Å². The van der Waals surface area contributed by atoms with Gasteiger partial charge in [-0.15, -0.1) is 9.60 Å². The number of halogens is 1. The van der Waals surface area contributed by atoms with Crippen LogP contribution in [0.1, 0.15) is 0 Å². The summed E-state index contributed by atoms with van der Waals surface area (Å²) in [6.45, 7) is 2.30. The van der Waals surface area contributed by atoms with Gasteiger partial charge in [-0.1, -0.05) is 0 Å². The van der Waals surface area contributed by atoms with Crippen molar-refractivity contribution in [1.29, 1.82) is 0 Å². The maximum atomic E-state index is 12.0. The molecule has 0 aromatic carbocycles. The zero-order valence-electron chi connectivity index (χ0n) is 4.10. The van der Waals surface area contributed by atoms with Crippen molar-refractivity contribution >= 4 is 0 Å². The summed E-state index contributed by atoms with van der Waals surface area (Å²) < 4.78 is 12.0. The van der Waals surface area contributed by atoms with Crippen LogP contribution in [0.25, 0.3) is 0 Å². The molecule has 41 valence electrons. The maximum absolute atomic E-state index is 12.0. The molecular formula is C4H8FN2. The quantitative estimate of drug-likeness (QED) is 0.388. The Hall–Kier alpha value is -0.150. The molecule has 1 saturated heterocycles. The lowest BCUT2D eigenvalue weighted by molar-refractivity contribution is 0.0126. The van der Waals surface area contributed by atoms with Gasteiger partial charge in [0.05, 0.1) is 0 Å². The third kappa shape index (κ3) is 1.41. The lowest BCUT2D eigenvalue weighted by Crippen LogP contribution is -2.34. The highest BCUT2D eigenvalue weighted by atomic mass is 19.2. The van der Waals surface area contributed by atoms with Crippen LogP contribution in [-0.4, -0.2) is 31.3 Å². The number of piperazine rings is 1. The molecular weight excluding hydrogens is 95.1 g/mol. The second kappa shape index (κ2) is 2.23. The first-order valence-electron chi connectivity index (χ1n) is 2.43. The minimum Gasteiger partial charge on any atom is -0.239 e. The van der Waals surface area contributed by atoms with E-state index in [-0.39, 0.29) is 0 Å². The SMILES string of the molecule is FN1CC[N]CC1. The molecule has 0 aromatic heterocycles. The zero-order chi connectivity index (χ0) is 5.11. The van der Waals surface area contributed by atoms with Crippen LogP contribution in [0, 0.1) is 0 Å². The van der Waals surface area contributed by atoms with Crippen LogP contribution in [0.4, 0.5) is 4.48 Å². The van der Waals surface area contributed by atoms with Crippen molar-refractivity contribution < 1.29 is 4.48 Å². The van der Waals surface area contributed by atoms with E-state index in [1.165, 1.54) is 0 Å². The van der Waals surface area contributed by atoms with E-state index in [1.54, 1.807) is 0 Å². The predicted molar refractivity (Wildman–Crippen MR) is 24.5 cm³/mol. The summed E-state index contributed by atoms with van der Waals surface area (Å²) in [5.41, 5.74) is 0. The zero-order valence-corrected chi connectivity index (χ0v) is 4.10. The van der Waals surface area contributed by atoms with Gasteiger partial charge in [-0.25, -0.2) is 5.32 Å². The van der Waals surface area contributed by atoms with E-state index in [4.69, 9.17) is 0 Å². The second-order valence-corrected chi connectivity index (χ2v) is 1.58. The van der Waals surface area contributed by atoms with Gasteiger partial charge in [0.2, 0.25) is 0 Å². The molecule has 1 aliphatic heterocycles. The Morgan fingerprint density at radius 1 is 1.29 bits per heavy atom. The minimum atomic E-state index is 0.486. The standard InChI is InChI=1S/C4H8FN2/c5-7-3-1-6-2-4-7/h1-4H2. The summed E-state index contributed by atoms with van der Waals surface area (Å²) in [6.07, 6.45) is 0. The third-order valence-electron chi connectivity index (χ3n) is 1.00. The van der Waals surface area contributed by atoms with Crippen LogP contribution in [0.15, 0.2) is 0 Å². The summed E-state index contributed by atoms with van der Waals surface area (Å²) in [5, 5.41) is 4.74. The summed E-state index contributed by atoms with van der Waals surface area (Å²) in [6, 6.07) is 0. The van der Waals surface area contributed by atoms with Crippen LogP contribution in [0.2, 0.25) is 0 Å². The highest BCUT2D eigenvalue weighted by molar-refractivity contribution is 4.58. The first-order chi connectivity index (χ1) is 3.39. The fourth-order valence-corrected chi connectivity index (χ4v) is 0.582. The molecule has 2 nitrogen and oxygen atoms in total. The number of rotatable bonds is 0. The molecule has 0 aliphatic carbocycles. The fraction of sp³-hybridized carbons (Fsp3) is 1.00. The van der Waals surface area contributed by atoms with Crippen LogP contribution < -0.4 is 5.32 Å². The summed E-state index contributed by atoms with van der Waals surface area (Å²) >= 11 is 0. The van der Waals surface area contributed by atoms with E-state index in [0.29, 0.717) is 26.2 Å². The van der Waals surface area contributed by atoms with Crippen LogP contribution in [0.5, 0.6) is 0 Å². The molecule has 0 spiro atoms. The first-order valence-corrected chi connectivity index (χ1v) is 2.43. The monoisotopic (exact) mass is 103 g/mol. The molecule has 0 saturated carbocycles. The Bertz CT molecular complexity index is 51.7. The minimum absolute atomic E-state index is 0.486. The molecule has 0 atom stereocenters. The largest absolute Gasteiger partial charge is 0.239 e. The molecule has 1 fully saturated rings. The van der Waals surface area contributed by atoms with E-state index < -0.39 is 0 Å². The van der Waals surface area contributed by atoms with Crippen molar-refractivity contribution in [2.75, 3.05) is 26.2 Å². The second-order valence-electron chi connectivity index (χ2n) is 1.58. The van der Waals surface area contributed by atoms with Gasteiger partial charge in [0.25, 0.3) is 0 Å². The average molecular weight is 103 g/mol. The molecule has 0 amide bonds. The lowest BCUT2D eigenvalue weighted by atomic mass is 10.4. The Labute approximate surface area is 42.2 Å². The van der Waals surface area contributed by atoms with Crippen LogP contribution in [-0.2, 0) is 0 Å². The van der Waals surface area contributed by atoms with Gasteiger partial charge in [-0.05, 0) is 0 Å². The summed E-state index contributed by atoms with van der Waals surface area (Å²) in [7, 11) is 0. The topological polar surface area (TPSA) is 17.3 Å². The molecule has 1 radical (unpaired) electrons. The molecule has 1 heterocycles. The highest BCUT2D eigenvalue weighted by Gasteiger charge is 2.06. The predicted octanol–water partition coefficient (Wildman–Crippen LogP) is -0.209. The summed E-state index contributed by atoms with van der Waals surface area (Å²) in [4.78, 5) is 0. The summed E-state index contributed by atoms with van der Waals surface area (Å²) in [5.74, 6) is 0. The molecule has 0 aromatic rings. The van der Waals surface area contributed by atoms with Gasteiger partial charge in [0, 0.05) is 26.2 Å².